The number of carbonyl (C=O) groups is 1. The Hall–Kier alpha value is -0.700. The predicted octanol–water partition coefficient (Wildman–Crippen LogP) is 3.45. The van der Waals surface area contributed by atoms with Crippen LogP contribution in [0.25, 0.3) is 0 Å². The van der Waals surface area contributed by atoms with E-state index in [9.17, 15) is 4.79 Å². The highest BCUT2D eigenvalue weighted by atomic mass is 32.1. The van der Waals surface area contributed by atoms with Crippen molar-refractivity contribution in [3.63, 3.8) is 0 Å². The van der Waals surface area contributed by atoms with Gasteiger partial charge in [-0.05, 0) is 42.2 Å². The van der Waals surface area contributed by atoms with E-state index in [4.69, 9.17) is 5.11 Å². The molecule has 3 heteroatoms. The van der Waals surface area contributed by atoms with Crippen molar-refractivity contribution in [1.29, 1.82) is 0 Å². The summed E-state index contributed by atoms with van der Waals surface area (Å²) in [6.45, 7) is 4.24. The Morgan fingerprint density at radius 1 is 1.71 bits per heavy atom. The molecule has 0 heterocycles. The molecule has 2 rings (SSSR count). The van der Waals surface area contributed by atoms with Crippen LogP contribution in [-0.4, -0.2) is 16.3 Å². The fourth-order valence-electron chi connectivity index (χ4n) is 3.37. The van der Waals surface area contributed by atoms with E-state index < -0.39 is 5.97 Å². The maximum absolute atomic E-state index is 11.1. The molecule has 0 spiro atoms. The van der Waals surface area contributed by atoms with Gasteiger partial charge in [0.05, 0.1) is 6.42 Å². The highest BCUT2D eigenvalue weighted by molar-refractivity contribution is 7.81. The molecule has 17 heavy (non-hydrogen) atoms. The Labute approximate surface area is 108 Å². The maximum Gasteiger partial charge on any atom is 0.307 e. The highest BCUT2D eigenvalue weighted by Gasteiger charge is 2.43. The first-order valence-electron chi connectivity index (χ1n) is 6.26. The lowest BCUT2D eigenvalue weighted by Gasteiger charge is -2.38. The molecule has 0 aromatic heterocycles. The molecule has 0 bridgehead atoms. The lowest BCUT2D eigenvalue weighted by molar-refractivity contribution is -0.136. The minimum Gasteiger partial charge on any atom is -0.481 e. The van der Waals surface area contributed by atoms with E-state index in [2.05, 4.69) is 31.7 Å². The molecule has 3 atom stereocenters. The average molecular weight is 252 g/mol. The van der Waals surface area contributed by atoms with Crippen molar-refractivity contribution in [2.24, 2.45) is 11.3 Å². The van der Waals surface area contributed by atoms with E-state index in [1.165, 1.54) is 12.8 Å². The summed E-state index contributed by atoms with van der Waals surface area (Å²) in [5, 5.41) is 9.23. The van der Waals surface area contributed by atoms with Crippen LogP contribution < -0.4 is 0 Å². The number of carboxylic acid groups (broad SMARTS) is 1. The molecule has 0 aromatic rings. The zero-order valence-corrected chi connectivity index (χ0v) is 11.3. The first-order valence-corrected chi connectivity index (χ1v) is 6.78. The molecule has 2 aliphatic carbocycles. The molecule has 2 aliphatic rings. The summed E-state index contributed by atoms with van der Waals surface area (Å²) in [5.74, 6) is -0.207. The van der Waals surface area contributed by atoms with Gasteiger partial charge in [-0.25, -0.2) is 0 Å². The molecule has 3 unspecified atom stereocenters. The van der Waals surface area contributed by atoms with Gasteiger partial charge in [-0.15, -0.1) is 0 Å². The third-order valence-electron chi connectivity index (χ3n) is 4.35. The Bertz CT molecular complexity index is 395. The van der Waals surface area contributed by atoms with Crippen LogP contribution in [0.1, 0.15) is 39.5 Å². The molecule has 0 aromatic carbocycles. The molecule has 2 nitrogen and oxygen atoms in total. The molecule has 1 N–H and O–H groups in total. The largest absolute Gasteiger partial charge is 0.481 e. The molecule has 0 aliphatic heterocycles. The summed E-state index contributed by atoms with van der Waals surface area (Å²) >= 11 is 4.49. The monoisotopic (exact) mass is 252 g/mol. The number of rotatable bonds is 3. The third kappa shape index (κ3) is 2.17. The molecule has 0 saturated heterocycles. The van der Waals surface area contributed by atoms with Crippen molar-refractivity contribution in [2.75, 3.05) is 0 Å². The average Bonchev–Trinajstić information content (AvgIpc) is 2.60. The van der Waals surface area contributed by atoms with Crippen LogP contribution in [0, 0.1) is 11.3 Å². The second-order valence-corrected chi connectivity index (χ2v) is 6.23. The van der Waals surface area contributed by atoms with Crippen LogP contribution in [0.15, 0.2) is 23.3 Å². The Kier molecular flexibility index (Phi) is 3.39. The summed E-state index contributed by atoms with van der Waals surface area (Å²) in [6.07, 6.45) is 8.02. The zero-order valence-electron chi connectivity index (χ0n) is 10.4. The second-order valence-electron chi connectivity index (χ2n) is 5.46. The number of carboxylic acids is 1. The van der Waals surface area contributed by atoms with Crippen molar-refractivity contribution >= 4 is 18.6 Å². The van der Waals surface area contributed by atoms with Crippen LogP contribution in [0.2, 0.25) is 0 Å². The van der Waals surface area contributed by atoms with Crippen LogP contribution in [-0.2, 0) is 4.79 Å². The second kappa shape index (κ2) is 4.52. The van der Waals surface area contributed by atoms with Gasteiger partial charge in [-0.1, -0.05) is 25.5 Å². The van der Waals surface area contributed by atoms with Crippen LogP contribution in [0.3, 0.4) is 0 Å². The molecule has 94 valence electrons. The fourth-order valence-corrected chi connectivity index (χ4v) is 3.62. The van der Waals surface area contributed by atoms with Crippen molar-refractivity contribution in [3.05, 3.63) is 23.3 Å². The number of fused-ring (bicyclic) bond motifs is 1. The summed E-state index contributed by atoms with van der Waals surface area (Å²) in [6, 6.07) is 0. The molecular weight excluding hydrogens is 232 g/mol. The van der Waals surface area contributed by atoms with Gasteiger partial charge < -0.3 is 5.11 Å². The van der Waals surface area contributed by atoms with E-state index in [0.29, 0.717) is 5.92 Å². The summed E-state index contributed by atoms with van der Waals surface area (Å²) < 4.78 is 0. The number of thiol groups is 1. The SMILES string of the molecule is CC(S)C1=C(CC(=O)O)C2(C)CCCC2C=C1. The lowest BCUT2D eigenvalue weighted by Crippen LogP contribution is -2.29. The van der Waals surface area contributed by atoms with Crippen molar-refractivity contribution in [1.82, 2.24) is 0 Å². The first kappa shape index (κ1) is 12.7. The normalized spacial score (nSPS) is 33.7. The standard InChI is InChI=1S/C14H20O2S/c1-9(17)11-6-5-10-4-3-7-14(10,2)12(11)8-13(15)16/h5-6,9-10,17H,3-4,7-8H2,1-2H3,(H,15,16). The number of hydrogen-bond acceptors (Lipinski definition) is 2. The van der Waals surface area contributed by atoms with Crippen LogP contribution in [0.4, 0.5) is 0 Å². The van der Waals surface area contributed by atoms with Crippen molar-refractivity contribution < 1.29 is 9.90 Å². The maximum atomic E-state index is 11.1. The van der Waals surface area contributed by atoms with Gasteiger partial charge in [-0.2, -0.15) is 12.6 Å². The van der Waals surface area contributed by atoms with Gasteiger partial charge in [-0.3, -0.25) is 4.79 Å². The van der Waals surface area contributed by atoms with E-state index in [-0.39, 0.29) is 17.1 Å². The van der Waals surface area contributed by atoms with Gasteiger partial charge in [0, 0.05) is 5.25 Å². The van der Waals surface area contributed by atoms with Gasteiger partial charge in [0.2, 0.25) is 0 Å². The number of hydrogen-bond donors (Lipinski definition) is 2. The summed E-state index contributed by atoms with van der Waals surface area (Å²) in [7, 11) is 0. The Morgan fingerprint density at radius 3 is 3.00 bits per heavy atom. The van der Waals surface area contributed by atoms with Gasteiger partial charge in [0.1, 0.15) is 0 Å². The van der Waals surface area contributed by atoms with Crippen molar-refractivity contribution in [2.45, 2.75) is 44.8 Å². The van der Waals surface area contributed by atoms with Crippen LogP contribution in [0.5, 0.6) is 0 Å². The van der Waals surface area contributed by atoms with E-state index in [1.54, 1.807) is 0 Å². The van der Waals surface area contributed by atoms with E-state index >= 15 is 0 Å². The van der Waals surface area contributed by atoms with Gasteiger partial charge in [0.25, 0.3) is 0 Å². The summed E-state index contributed by atoms with van der Waals surface area (Å²) in [5.41, 5.74) is 2.29. The number of allylic oxidation sites excluding steroid dienone is 2. The fraction of sp³-hybridized carbons (Fsp3) is 0.643. The van der Waals surface area contributed by atoms with Gasteiger partial charge in [0.15, 0.2) is 0 Å². The third-order valence-corrected chi connectivity index (χ3v) is 4.63. The molecular formula is C14H20O2S. The van der Waals surface area contributed by atoms with E-state index in [1.807, 2.05) is 6.92 Å². The Balaban J connectivity index is 2.45. The first-order chi connectivity index (χ1) is 7.95. The Morgan fingerprint density at radius 2 is 2.41 bits per heavy atom. The smallest absolute Gasteiger partial charge is 0.307 e. The highest BCUT2D eigenvalue weighted by Crippen LogP contribution is 2.53. The minimum atomic E-state index is -0.728. The zero-order chi connectivity index (χ0) is 12.6. The van der Waals surface area contributed by atoms with E-state index in [0.717, 1.165) is 17.6 Å². The predicted molar refractivity (Wildman–Crippen MR) is 72.3 cm³/mol. The topological polar surface area (TPSA) is 37.3 Å². The molecule has 0 amide bonds. The minimum absolute atomic E-state index is 0.0550. The van der Waals surface area contributed by atoms with Gasteiger partial charge >= 0.3 is 5.97 Å². The quantitative estimate of drug-likeness (QED) is 0.755. The molecule has 0 radical (unpaired) electrons. The lowest BCUT2D eigenvalue weighted by atomic mass is 9.67. The summed E-state index contributed by atoms with van der Waals surface area (Å²) in [4.78, 5) is 11.1. The number of aliphatic carboxylic acids is 1. The van der Waals surface area contributed by atoms with Crippen molar-refractivity contribution in [3.8, 4) is 0 Å². The molecule has 1 saturated carbocycles. The molecule has 1 fully saturated rings. The van der Waals surface area contributed by atoms with Crippen LogP contribution >= 0.6 is 12.6 Å².